The summed E-state index contributed by atoms with van der Waals surface area (Å²) in [7, 11) is 0. The summed E-state index contributed by atoms with van der Waals surface area (Å²) in [4.78, 5) is 16.0. The van der Waals surface area contributed by atoms with Crippen molar-refractivity contribution in [1.29, 1.82) is 0 Å². The zero-order chi connectivity index (χ0) is 17.6. The Kier molecular flexibility index (Phi) is 4.91. The molecule has 0 N–H and O–H groups in total. The maximum absolute atomic E-state index is 11.5. The maximum atomic E-state index is 11.5. The summed E-state index contributed by atoms with van der Waals surface area (Å²) in [6.07, 6.45) is 15.6. The molecule has 0 spiro atoms. The van der Waals surface area contributed by atoms with Crippen molar-refractivity contribution in [3.63, 3.8) is 0 Å². The van der Waals surface area contributed by atoms with E-state index < -0.39 is 0 Å². The van der Waals surface area contributed by atoms with Crippen LogP contribution in [0.4, 0.5) is 0 Å². The van der Waals surface area contributed by atoms with Crippen LogP contribution in [-0.2, 0) is 6.42 Å². The van der Waals surface area contributed by atoms with Crippen LogP contribution in [0.2, 0.25) is 0 Å². The molecule has 0 radical (unpaired) electrons. The highest BCUT2D eigenvalue weighted by molar-refractivity contribution is 5.97. The van der Waals surface area contributed by atoms with E-state index in [1.165, 1.54) is 0 Å². The Balaban J connectivity index is 1.98. The van der Waals surface area contributed by atoms with Crippen molar-refractivity contribution in [2.45, 2.75) is 19.8 Å². The van der Waals surface area contributed by atoms with Crippen LogP contribution in [-0.4, -0.2) is 20.5 Å². The van der Waals surface area contributed by atoms with E-state index >= 15 is 0 Å². The SMILES string of the molecule is C#C/C=C\C/C(=C\Cc1ccon1)n1cnc2cc(C(C)=O)ccc21. The van der Waals surface area contributed by atoms with E-state index in [2.05, 4.69) is 22.1 Å². The van der Waals surface area contributed by atoms with E-state index in [-0.39, 0.29) is 5.78 Å². The molecule has 0 aliphatic rings. The number of benzene rings is 1. The number of carbonyl (C=O) groups is 1. The van der Waals surface area contributed by atoms with Crippen molar-refractivity contribution in [3.8, 4) is 12.3 Å². The topological polar surface area (TPSA) is 60.9 Å². The molecule has 3 rings (SSSR count). The first-order chi connectivity index (χ1) is 12.2. The monoisotopic (exact) mass is 331 g/mol. The molecule has 0 fully saturated rings. The molecule has 0 saturated heterocycles. The molecule has 124 valence electrons. The Morgan fingerprint density at radius 2 is 2.28 bits per heavy atom. The van der Waals surface area contributed by atoms with Crippen LogP contribution < -0.4 is 0 Å². The Bertz CT molecular complexity index is 986. The normalized spacial score (nSPS) is 11.9. The highest BCUT2D eigenvalue weighted by Crippen LogP contribution is 2.22. The van der Waals surface area contributed by atoms with Gasteiger partial charge in [-0.3, -0.25) is 4.79 Å². The smallest absolute Gasteiger partial charge is 0.159 e. The third kappa shape index (κ3) is 3.75. The van der Waals surface area contributed by atoms with E-state index in [0.29, 0.717) is 18.4 Å². The summed E-state index contributed by atoms with van der Waals surface area (Å²) < 4.78 is 6.87. The largest absolute Gasteiger partial charge is 0.365 e. The Labute approximate surface area is 145 Å². The van der Waals surface area contributed by atoms with E-state index in [4.69, 9.17) is 10.9 Å². The fraction of sp³-hybridized carbons (Fsp3) is 0.150. The standard InChI is InChI=1S/C20H17N3O2/c1-3-4-5-6-18(9-8-17-11-12-25-22-17)23-14-21-19-13-16(15(2)24)7-10-20(19)23/h1,4-5,7,9-14H,6,8H2,2H3/b5-4-,18-9+. The highest BCUT2D eigenvalue weighted by atomic mass is 16.5. The Hall–Kier alpha value is -3.39. The van der Waals surface area contributed by atoms with Gasteiger partial charge in [0.05, 0.1) is 16.7 Å². The number of terminal acetylenes is 1. The van der Waals surface area contributed by atoms with Crippen LogP contribution in [0.15, 0.2) is 59.6 Å². The van der Waals surface area contributed by atoms with Gasteiger partial charge in [-0.25, -0.2) is 4.98 Å². The zero-order valence-corrected chi connectivity index (χ0v) is 13.8. The molecule has 0 aliphatic carbocycles. The minimum absolute atomic E-state index is 0.0233. The minimum Gasteiger partial charge on any atom is -0.365 e. The maximum Gasteiger partial charge on any atom is 0.159 e. The lowest BCUT2D eigenvalue weighted by molar-refractivity contribution is 0.101. The number of nitrogens with zero attached hydrogens (tertiary/aromatic N) is 3. The molecule has 0 aliphatic heterocycles. The van der Waals surface area contributed by atoms with Gasteiger partial charge in [-0.05, 0) is 31.2 Å². The summed E-state index contributed by atoms with van der Waals surface area (Å²) in [5.41, 5.74) is 4.24. The second-order valence-electron chi connectivity index (χ2n) is 5.54. The Morgan fingerprint density at radius 1 is 1.40 bits per heavy atom. The molecule has 2 aromatic heterocycles. The minimum atomic E-state index is 0.0233. The van der Waals surface area contributed by atoms with Crippen LogP contribution in [0, 0.1) is 12.3 Å². The number of hydrogen-bond donors (Lipinski definition) is 0. The lowest BCUT2D eigenvalue weighted by Gasteiger charge is -2.08. The molecule has 0 bridgehead atoms. The van der Waals surface area contributed by atoms with Gasteiger partial charge in [0.25, 0.3) is 0 Å². The first-order valence-corrected chi connectivity index (χ1v) is 7.87. The molecule has 0 saturated carbocycles. The summed E-state index contributed by atoms with van der Waals surface area (Å²) >= 11 is 0. The second kappa shape index (κ2) is 7.45. The molecule has 3 aromatic rings. The summed E-state index contributed by atoms with van der Waals surface area (Å²) in [5.74, 6) is 2.52. The van der Waals surface area contributed by atoms with Crippen LogP contribution in [0.5, 0.6) is 0 Å². The van der Waals surface area contributed by atoms with E-state index in [0.717, 1.165) is 22.4 Å². The number of imidazole rings is 1. The lowest BCUT2D eigenvalue weighted by Crippen LogP contribution is -1.97. The summed E-state index contributed by atoms with van der Waals surface area (Å²) in [6.45, 7) is 1.55. The number of ketones is 1. The average Bonchev–Trinajstić information content (AvgIpc) is 3.27. The van der Waals surface area contributed by atoms with Crippen LogP contribution >= 0.6 is 0 Å². The number of hydrogen-bond acceptors (Lipinski definition) is 4. The third-order valence-corrected chi connectivity index (χ3v) is 3.84. The van der Waals surface area contributed by atoms with Gasteiger partial charge >= 0.3 is 0 Å². The van der Waals surface area contributed by atoms with E-state index in [1.54, 1.807) is 31.7 Å². The highest BCUT2D eigenvalue weighted by Gasteiger charge is 2.09. The number of carbonyl (C=O) groups excluding carboxylic acids is 1. The molecule has 25 heavy (non-hydrogen) atoms. The van der Waals surface area contributed by atoms with Crippen LogP contribution in [0.3, 0.4) is 0 Å². The van der Waals surface area contributed by atoms with Gasteiger partial charge in [-0.1, -0.05) is 23.2 Å². The number of allylic oxidation sites excluding steroid dienone is 4. The second-order valence-corrected chi connectivity index (χ2v) is 5.54. The average molecular weight is 331 g/mol. The quantitative estimate of drug-likeness (QED) is 0.508. The number of rotatable bonds is 6. The van der Waals surface area contributed by atoms with Gasteiger partial charge < -0.3 is 9.09 Å². The molecular formula is C20H17N3O2. The number of Topliss-reactive ketones (excluding diaryl/α,β-unsaturated/α-hetero) is 1. The zero-order valence-electron chi connectivity index (χ0n) is 13.8. The first-order valence-electron chi connectivity index (χ1n) is 7.87. The van der Waals surface area contributed by atoms with Crippen molar-refractivity contribution < 1.29 is 9.32 Å². The van der Waals surface area contributed by atoms with E-state index in [1.807, 2.05) is 28.8 Å². The van der Waals surface area contributed by atoms with Gasteiger partial charge in [0, 0.05) is 30.2 Å². The van der Waals surface area contributed by atoms with Crippen LogP contribution in [0.1, 0.15) is 29.4 Å². The van der Waals surface area contributed by atoms with Crippen molar-refractivity contribution in [1.82, 2.24) is 14.7 Å². The summed E-state index contributed by atoms with van der Waals surface area (Å²) in [5, 5.41) is 3.93. The van der Waals surface area contributed by atoms with Crippen molar-refractivity contribution >= 4 is 22.5 Å². The molecule has 2 heterocycles. The molecule has 5 nitrogen and oxygen atoms in total. The lowest BCUT2D eigenvalue weighted by atomic mass is 10.1. The first kappa shape index (κ1) is 16.5. The molecule has 1 aromatic carbocycles. The van der Waals surface area contributed by atoms with Gasteiger partial charge in [0.2, 0.25) is 0 Å². The van der Waals surface area contributed by atoms with Crippen molar-refractivity contribution in [3.05, 3.63) is 66.3 Å². The summed E-state index contributed by atoms with van der Waals surface area (Å²) in [6, 6.07) is 7.36. The Morgan fingerprint density at radius 3 is 3.00 bits per heavy atom. The number of fused-ring (bicyclic) bond motifs is 1. The molecule has 0 amide bonds. The number of aromatic nitrogens is 3. The predicted octanol–water partition coefficient (Wildman–Crippen LogP) is 3.89. The van der Waals surface area contributed by atoms with Gasteiger partial charge in [-0.2, -0.15) is 0 Å². The van der Waals surface area contributed by atoms with Gasteiger partial charge in [0.1, 0.15) is 12.6 Å². The van der Waals surface area contributed by atoms with Gasteiger partial charge in [0.15, 0.2) is 5.78 Å². The van der Waals surface area contributed by atoms with Gasteiger partial charge in [-0.15, -0.1) is 6.42 Å². The molecule has 5 heteroatoms. The third-order valence-electron chi connectivity index (χ3n) is 3.84. The van der Waals surface area contributed by atoms with Crippen LogP contribution in [0.25, 0.3) is 16.7 Å². The molecular weight excluding hydrogens is 314 g/mol. The predicted molar refractivity (Wildman–Crippen MR) is 96.8 cm³/mol. The fourth-order valence-corrected chi connectivity index (χ4v) is 2.55. The fourth-order valence-electron chi connectivity index (χ4n) is 2.55. The molecule has 0 unspecified atom stereocenters. The van der Waals surface area contributed by atoms with Crippen molar-refractivity contribution in [2.24, 2.45) is 0 Å². The van der Waals surface area contributed by atoms with E-state index in [9.17, 15) is 4.79 Å². The molecule has 0 atom stereocenters. The van der Waals surface area contributed by atoms with Crippen molar-refractivity contribution in [2.75, 3.05) is 0 Å².